The summed E-state index contributed by atoms with van der Waals surface area (Å²) in [5.41, 5.74) is -0.738. The number of hydrogen-bond donors (Lipinski definition) is 1. The fourth-order valence-electron chi connectivity index (χ4n) is 2.26. The molecule has 0 bridgehead atoms. The Morgan fingerprint density at radius 3 is 2.67 bits per heavy atom. The van der Waals surface area contributed by atoms with Crippen molar-refractivity contribution in [2.75, 3.05) is 12.3 Å². The summed E-state index contributed by atoms with van der Waals surface area (Å²) in [6, 6.07) is 4.98. The van der Waals surface area contributed by atoms with Gasteiger partial charge in [-0.15, -0.1) is 0 Å². The summed E-state index contributed by atoms with van der Waals surface area (Å²) in [5, 5.41) is 3.36. The van der Waals surface area contributed by atoms with Gasteiger partial charge < -0.3 is 5.32 Å². The topological polar surface area (TPSA) is 29.1 Å². The molecule has 0 spiro atoms. The van der Waals surface area contributed by atoms with Crippen LogP contribution in [0, 0.1) is 5.92 Å². The third-order valence-corrected chi connectivity index (χ3v) is 5.04. The molecule has 0 radical (unpaired) electrons. The summed E-state index contributed by atoms with van der Waals surface area (Å²) < 4.78 is 50.4. The SMILES string of the molecule is CCCNC(CS(=O)c1cccc(C(F)(F)F)c1)C1CC1. The second kappa shape index (κ2) is 6.92. The van der Waals surface area contributed by atoms with E-state index in [1.807, 2.05) is 0 Å². The lowest BCUT2D eigenvalue weighted by Crippen LogP contribution is -2.36. The largest absolute Gasteiger partial charge is 0.416 e. The highest BCUT2D eigenvalue weighted by Gasteiger charge is 2.33. The molecule has 2 atom stereocenters. The number of benzene rings is 1. The summed E-state index contributed by atoms with van der Waals surface area (Å²) in [5.74, 6) is 0.901. The van der Waals surface area contributed by atoms with Gasteiger partial charge in [-0.25, -0.2) is 0 Å². The van der Waals surface area contributed by atoms with Crippen molar-refractivity contribution in [3.05, 3.63) is 29.8 Å². The molecule has 1 aliphatic rings. The first-order valence-corrected chi connectivity index (χ1v) is 8.52. The van der Waals surface area contributed by atoms with E-state index in [1.54, 1.807) is 0 Å². The van der Waals surface area contributed by atoms with Crippen molar-refractivity contribution >= 4 is 10.8 Å². The summed E-state index contributed by atoms with van der Waals surface area (Å²) in [6.45, 7) is 2.90. The molecule has 1 saturated carbocycles. The third kappa shape index (κ3) is 4.81. The third-order valence-electron chi connectivity index (χ3n) is 3.60. The van der Waals surface area contributed by atoms with Gasteiger partial charge in [-0.3, -0.25) is 4.21 Å². The molecule has 1 N–H and O–H groups in total. The maximum absolute atomic E-state index is 12.7. The minimum atomic E-state index is -4.39. The molecule has 2 rings (SSSR count). The Labute approximate surface area is 125 Å². The predicted molar refractivity (Wildman–Crippen MR) is 77.5 cm³/mol. The first-order valence-electron chi connectivity index (χ1n) is 7.21. The van der Waals surface area contributed by atoms with Crippen molar-refractivity contribution in [2.24, 2.45) is 5.92 Å². The fourth-order valence-corrected chi connectivity index (χ4v) is 3.66. The van der Waals surface area contributed by atoms with Crippen LogP contribution in [0.4, 0.5) is 13.2 Å². The molecule has 0 aromatic heterocycles. The molecular formula is C15H20F3NOS. The summed E-state index contributed by atoms with van der Waals surface area (Å²) >= 11 is 0. The molecule has 1 fully saturated rings. The standard InChI is InChI=1S/C15H20F3NOS/c1-2-8-19-14(11-6-7-11)10-21(20)13-5-3-4-12(9-13)15(16,17)18/h3-5,9,11,14,19H,2,6-8,10H2,1H3. The number of nitrogens with one attached hydrogen (secondary N) is 1. The van der Waals surface area contributed by atoms with Gasteiger partial charge in [-0.2, -0.15) is 13.2 Å². The summed E-state index contributed by atoms with van der Waals surface area (Å²) in [4.78, 5) is 0.258. The van der Waals surface area contributed by atoms with Gasteiger partial charge in [0.1, 0.15) is 0 Å². The van der Waals surface area contributed by atoms with Crippen LogP contribution in [0.5, 0.6) is 0 Å². The monoisotopic (exact) mass is 319 g/mol. The van der Waals surface area contributed by atoms with E-state index in [2.05, 4.69) is 12.2 Å². The molecule has 0 aliphatic heterocycles. The highest BCUT2D eigenvalue weighted by Crippen LogP contribution is 2.34. The van der Waals surface area contributed by atoms with Crippen LogP contribution in [0.3, 0.4) is 0 Å². The maximum Gasteiger partial charge on any atom is 0.416 e. The van der Waals surface area contributed by atoms with Gasteiger partial charge in [0.15, 0.2) is 0 Å². The normalized spacial score (nSPS) is 18.5. The van der Waals surface area contributed by atoms with Gasteiger partial charge >= 0.3 is 6.18 Å². The van der Waals surface area contributed by atoms with Gasteiger partial charge in [0.25, 0.3) is 0 Å². The summed E-state index contributed by atoms with van der Waals surface area (Å²) in [6.07, 6.45) is -1.18. The Bertz CT molecular complexity index is 500. The molecule has 6 heteroatoms. The van der Waals surface area contributed by atoms with Crippen LogP contribution in [0.25, 0.3) is 0 Å². The summed E-state index contributed by atoms with van der Waals surface area (Å²) in [7, 11) is -1.41. The van der Waals surface area contributed by atoms with Crippen LogP contribution >= 0.6 is 0 Å². The highest BCUT2D eigenvalue weighted by molar-refractivity contribution is 7.85. The smallest absolute Gasteiger partial charge is 0.313 e. The van der Waals surface area contributed by atoms with Crippen molar-refractivity contribution < 1.29 is 17.4 Å². The lowest BCUT2D eigenvalue weighted by Gasteiger charge is -2.17. The van der Waals surface area contributed by atoms with Crippen LogP contribution in [0.15, 0.2) is 29.2 Å². The zero-order valence-corrected chi connectivity index (χ0v) is 12.8. The fraction of sp³-hybridized carbons (Fsp3) is 0.600. The van der Waals surface area contributed by atoms with E-state index in [0.29, 0.717) is 11.7 Å². The van der Waals surface area contributed by atoms with Crippen LogP contribution in [-0.2, 0) is 17.0 Å². The van der Waals surface area contributed by atoms with Gasteiger partial charge in [0.2, 0.25) is 0 Å². The Morgan fingerprint density at radius 1 is 1.38 bits per heavy atom. The van der Waals surface area contributed by atoms with E-state index in [1.165, 1.54) is 12.1 Å². The average molecular weight is 319 g/mol. The molecule has 1 aromatic carbocycles. The van der Waals surface area contributed by atoms with Crippen LogP contribution < -0.4 is 5.32 Å². The van der Waals surface area contributed by atoms with E-state index in [0.717, 1.165) is 37.9 Å². The zero-order valence-electron chi connectivity index (χ0n) is 12.0. The second-order valence-electron chi connectivity index (χ2n) is 5.44. The van der Waals surface area contributed by atoms with Crippen LogP contribution in [0.2, 0.25) is 0 Å². The Kier molecular flexibility index (Phi) is 5.43. The number of hydrogen-bond acceptors (Lipinski definition) is 2. The average Bonchev–Trinajstić information content (AvgIpc) is 3.27. The molecular weight excluding hydrogens is 299 g/mol. The van der Waals surface area contributed by atoms with Gasteiger partial charge in [-0.05, 0) is 49.9 Å². The van der Waals surface area contributed by atoms with E-state index < -0.39 is 22.5 Å². The molecule has 21 heavy (non-hydrogen) atoms. The van der Waals surface area contributed by atoms with Gasteiger partial charge in [0.05, 0.1) is 16.4 Å². The van der Waals surface area contributed by atoms with Crippen molar-refractivity contribution in [3.63, 3.8) is 0 Å². The van der Waals surface area contributed by atoms with Crippen LogP contribution in [-0.4, -0.2) is 22.5 Å². The van der Waals surface area contributed by atoms with Gasteiger partial charge in [0, 0.05) is 16.7 Å². The molecule has 0 amide bonds. The van der Waals surface area contributed by atoms with Crippen molar-refractivity contribution in [2.45, 2.75) is 43.3 Å². The van der Waals surface area contributed by atoms with Crippen molar-refractivity contribution in [3.8, 4) is 0 Å². The Morgan fingerprint density at radius 2 is 2.10 bits per heavy atom. The number of halogens is 3. The molecule has 118 valence electrons. The quantitative estimate of drug-likeness (QED) is 0.832. The predicted octanol–water partition coefficient (Wildman–Crippen LogP) is 3.59. The number of alkyl halides is 3. The molecule has 1 aromatic rings. The lowest BCUT2D eigenvalue weighted by atomic mass is 10.2. The molecule has 2 unspecified atom stereocenters. The van der Waals surface area contributed by atoms with E-state index in [9.17, 15) is 17.4 Å². The molecule has 1 aliphatic carbocycles. The highest BCUT2D eigenvalue weighted by atomic mass is 32.2. The maximum atomic E-state index is 12.7. The van der Waals surface area contributed by atoms with Gasteiger partial charge in [-0.1, -0.05) is 13.0 Å². The van der Waals surface area contributed by atoms with Crippen molar-refractivity contribution in [1.29, 1.82) is 0 Å². The van der Waals surface area contributed by atoms with E-state index in [4.69, 9.17) is 0 Å². The lowest BCUT2D eigenvalue weighted by molar-refractivity contribution is -0.137. The molecule has 0 saturated heterocycles. The zero-order chi connectivity index (χ0) is 15.5. The molecule has 2 nitrogen and oxygen atoms in total. The van der Waals surface area contributed by atoms with Crippen molar-refractivity contribution in [1.82, 2.24) is 5.32 Å². The minimum Gasteiger partial charge on any atom is -0.313 e. The molecule has 0 heterocycles. The first-order chi connectivity index (χ1) is 9.91. The first kappa shape index (κ1) is 16.5. The van der Waals surface area contributed by atoms with E-state index in [-0.39, 0.29) is 10.9 Å². The second-order valence-corrected chi connectivity index (χ2v) is 6.93. The number of rotatable bonds is 7. The Hall–Kier alpha value is -0.880. The Balaban J connectivity index is 2.05. The minimum absolute atomic E-state index is 0.139. The van der Waals surface area contributed by atoms with Crippen LogP contribution in [0.1, 0.15) is 31.7 Å². The van der Waals surface area contributed by atoms with E-state index >= 15 is 0 Å².